The zero-order chi connectivity index (χ0) is 15.5. The second kappa shape index (κ2) is 6.80. The van der Waals surface area contributed by atoms with Crippen LogP contribution in [0.3, 0.4) is 0 Å². The van der Waals surface area contributed by atoms with Gasteiger partial charge in [-0.15, -0.1) is 0 Å². The summed E-state index contributed by atoms with van der Waals surface area (Å²) in [6, 6.07) is 7.80. The highest BCUT2D eigenvalue weighted by Crippen LogP contribution is 2.39. The Morgan fingerprint density at radius 1 is 1.24 bits per heavy atom. The molecule has 1 aromatic rings. The van der Waals surface area contributed by atoms with Gasteiger partial charge in [-0.25, -0.2) is 0 Å². The predicted octanol–water partition coefficient (Wildman–Crippen LogP) is 3.55. The zero-order valence-electron chi connectivity index (χ0n) is 13.0. The van der Waals surface area contributed by atoms with Gasteiger partial charge < -0.3 is 10.1 Å². The van der Waals surface area contributed by atoms with Gasteiger partial charge in [0, 0.05) is 24.3 Å². The molecule has 1 aliphatic heterocycles. The first-order chi connectivity index (χ1) is 9.97. The summed E-state index contributed by atoms with van der Waals surface area (Å²) in [6.45, 7) is 7.44. The van der Waals surface area contributed by atoms with Crippen molar-refractivity contribution in [1.29, 1.82) is 0 Å². The topological polar surface area (TPSA) is 38.3 Å². The third-order valence-corrected chi connectivity index (χ3v) is 4.86. The Labute approximate surface area is 132 Å². The van der Waals surface area contributed by atoms with Crippen LogP contribution in [-0.4, -0.2) is 25.2 Å². The number of benzene rings is 1. The van der Waals surface area contributed by atoms with Crippen LogP contribution in [0.2, 0.25) is 5.02 Å². The van der Waals surface area contributed by atoms with Gasteiger partial charge in [0.2, 0.25) is 5.91 Å². The van der Waals surface area contributed by atoms with E-state index in [2.05, 4.69) is 19.2 Å². The number of amides is 1. The van der Waals surface area contributed by atoms with E-state index in [1.807, 2.05) is 31.2 Å². The minimum Gasteiger partial charge on any atom is -0.381 e. The summed E-state index contributed by atoms with van der Waals surface area (Å²) < 4.78 is 5.47. The van der Waals surface area contributed by atoms with Crippen LogP contribution in [0.25, 0.3) is 0 Å². The number of ether oxygens (including phenoxy) is 1. The van der Waals surface area contributed by atoms with E-state index in [4.69, 9.17) is 16.3 Å². The molecule has 2 rings (SSSR count). The average molecular weight is 310 g/mol. The first-order valence-electron chi connectivity index (χ1n) is 7.61. The molecule has 0 saturated carbocycles. The smallest absolute Gasteiger partial charge is 0.231 e. The second-order valence-electron chi connectivity index (χ2n) is 6.18. The van der Waals surface area contributed by atoms with Crippen LogP contribution in [0, 0.1) is 5.92 Å². The Bertz CT molecular complexity index is 495. The summed E-state index contributed by atoms with van der Waals surface area (Å²) in [6.07, 6.45) is 1.35. The van der Waals surface area contributed by atoms with Crippen LogP contribution in [0.4, 0.5) is 0 Å². The maximum atomic E-state index is 13.0. The van der Waals surface area contributed by atoms with Crippen LogP contribution in [-0.2, 0) is 14.9 Å². The monoisotopic (exact) mass is 309 g/mol. The Kier molecular flexibility index (Phi) is 5.28. The minimum absolute atomic E-state index is 0.0695. The Morgan fingerprint density at radius 3 is 2.43 bits per heavy atom. The van der Waals surface area contributed by atoms with Gasteiger partial charge in [0.1, 0.15) is 0 Å². The number of carbonyl (C=O) groups excluding carboxylic acids is 1. The molecule has 1 saturated heterocycles. The van der Waals surface area contributed by atoms with Crippen molar-refractivity contribution in [3.8, 4) is 0 Å². The van der Waals surface area contributed by atoms with Crippen molar-refractivity contribution in [2.45, 2.75) is 45.1 Å². The SMILES string of the molecule is CC(C)C(C)NC(=O)C1(c2ccccc2Cl)CCOCC1. The quantitative estimate of drug-likeness (QED) is 0.923. The van der Waals surface area contributed by atoms with Gasteiger partial charge >= 0.3 is 0 Å². The van der Waals surface area contributed by atoms with Crippen LogP contribution < -0.4 is 5.32 Å². The van der Waals surface area contributed by atoms with Gasteiger partial charge in [-0.3, -0.25) is 4.79 Å². The van der Waals surface area contributed by atoms with E-state index in [9.17, 15) is 4.79 Å². The second-order valence-corrected chi connectivity index (χ2v) is 6.59. The number of nitrogens with one attached hydrogen (secondary N) is 1. The lowest BCUT2D eigenvalue weighted by atomic mass is 9.73. The molecular formula is C17H24ClNO2. The van der Waals surface area contributed by atoms with Crippen molar-refractivity contribution in [3.63, 3.8) is 0 Å². The number of rotatable bonds is 4. The highest BCUT2D eigenvalue weighted by molar-refractivity contribution is 6.31. The van der Waals surface area contributed by atoms with Crippen molar-refractivity contribution in [3.05, 3.63) is 34.9 Å². The number of hydrogen-bond acceptors (Lipinski definition) is 2. The Balaban J connectivity index is 2.34. The third kappa shape index (κ3) is 3.41. The Morgan fingerprint density at radius 2 is 1.86 bits per heavy atom. The zero-order valence-corrected chi connectivity index (χ0v) is 13.7. The fourth-order valence-electron chi connectivity index (χ4n) is 2.70. The minimum atomic E-state index is -0.570. The van der Waals surface area contributed by atoms with Gasteiger partial charge in [0.05, 0.1) is 5.41 Å². The molecule has 0 aliphatic carbocycles. The normalized spacial score (nSPS) is 19.3. The molecule has 1 N–H and O–H groups in total. The van der Waals surface area contributed by atoms with Crippen LogP contribution in [0.5, 0.6) is 0 Å². The van der Waals surface area contributed by atoms with Crippen molar-refractivity contribution in [2.24, 2.45) is 5.92 Å². The summed E-state index contributed by atoms with van der Waals surface area (Å²) in [5.74, 6) is 0.470. The lowest BCUT2D eigenvalue weighted by Gasteiger charge is -2.38. The molecule has 1 unspecified atom stereocenters. The third-order valence-electron chi connectivity index (χ3n) is 4.53. The lowest BCUT2D eigenvalue weighted by molar-refractivity contribution is -0.131. The molecule has 1 amide bonds. The average Bonchev–Trinajstić information content (AvgIpc) is 2.48. The first kappa shape index (κ1) is 16.3. The summed E-state index contributed by atoms with van der Waals surface area (Å²) >= 11 is 6.37. The van der Waals surface area contributed by atoms with Crippen LogP contribution >= 0.6 is 11.6 Å². The van der Waals surface area contributed by atoms with Gasteiger partial charge in [-0.05, 0) is 37.3 Å². The molecule has 1 heterocycles. The summed E-state index contributed by atoms with van der Waals surface area (Å²) in [4.78, 5) is 13.0. The summed E-state index contributed by atoms with van der Waals surface area (Å²) in [5, 5.41) is 3.82. The molecule has 1 aliphatic rings. The molecule has 1 atom stereocenters. The molecule has 1 fully saturated rings. The van der Waals surface area contributed by atoms with Crippen LogP contribution in [0.15, 0.2) is 24.3 Å². The van der Waals surface area contributed by atoms with Gasteiger partial charge in [-0.1, -0.05) is 43.6 Å². The molecule has 3 nitrogen and oxygen atoms in total. The molecule has 21 heavy (non-hydrogen) atoms. The molecule has 4 heteroatoms. The molecular weight excluding hydrogens is 286 g/mol. The van der Waals surface area contributed by atoms with Crippen molar-refractivity contribution in [1.82, 2.24) is 5.32 Å². The fourth-order valence-corrected chi connectivity index (χ4v) is 3.02. The fraction of sp³-hybridized carbons (Fsp3) is 0.588. The number of hydrogen-bond donors (Lipinski definition) is 1. The Hall–Kier alpha value is -1.06. The summed E-state index contributed by atoms with van der Waals surface area (Å²) in [7, 11) is 0. The maximum absolute atomic E-state index is 13.0. The van der Waals surface area contributed by atoms with E-state index in [0.717, 1.165) is 5.56 Å². The van der Waals surface area contributed by atoms with E-state index in [0.29, 0.717) is 37.0 Å². The highest BCUT2D eigenvalue weighted by Gasteiger charge is 2.43. The van der Waals surface area contributed by atoms with Crippen molar-refractivity contribution >= 4 is 17.5 Å². The molecule has 0 aromatic heterocycles. The largest absolute Gasteiger partial charge is 0.381 e. The van der Waals surface area contributed by atoms with Crippen LogP contribution in [0.1, 0.15) is 39.2 Å². The van der Waals surface area contributed by atoms with E-state index >= 15 is 0 Å². The standard InChI is InChI=1S/C17H24ClNO2/c1-12(2)13(3)19-16(20)17(8-10-21-11-9-17)14-6-4-5-7-15(14)18/h4-7,12-13H,8-11H2,1-3H3,(H,19,20). The number of carbonyl (C=O) groups is 1. The highest BCUT2D eigenvalue weighted by atomic mass is 35.5. The van der Waals surface area contributed by atoms with Crippen molar-refractivity contribution < 1.29 is 9.53 Å². The van der Waals surface area contributed by atoms with Gasteiger partial charge in [-0.2, -0.15) is 0 Å². The van der Waals surface area contributed by atoms with E-state index < -0.39 is 5.41 Å². The predicted molar refractivity (Wildman–Crippen MR) is 85.6 cm³/mol. The first-order valence-corrected chi connectivity index (χ1v) is 7.99. The lowest BCUT2D eigenvalue weighted by Crippen LogP contribution is -2.51. The van der Waals surface area contributed by atoms with E-state index in [-0.39, 0.29) is 11.9 Å². The molecule has 116 valence electrons. The molecule has 0 spiro atoms. The maximum Gasteiger partial charge on any atom is 0.231 e. The summed E-state index contributed by atoms with van der Waals surface area (Å²) in [5.41, 5.74) is 0.350. The van der Waals surface area contributed by atoms with Gasteiger partial charge in [0.25, 0.3) is 0 Å². The molecule has 0 bridgehead atoms. The van der Waals surface area contributed by atoms with E-state index in [1.165, 1.54) is 0 Å². The van der Waals surface area contributed by atoms with Crippen molar-refractivity contribution in [2.75, 3.05) is 13.2 Å². The molecule has 0 radical (unpaired) electrons. The van der Waals surface area contributed by atoms with E-state index in [1.54, 1.807) is 0 Å². The molecule has 1 aromatic carbocycles. The number of halogens is 1. The van der Waals surface area contributed by atoms with Gasteiger partial charge in [0.15, 0.2) is 0 Å².